The molecule has 1 atom stereocenters. The number of amides is 2. The van der Waals surface area contributed by atoms with Crippen molar-refractivity contribution in [3.63, 3.8) is 0 Å². The smallest absolute Gasteiger partial charge is 0.251 e. The van der Waals surface area contributed by atoms with Crippen LogP contribution in [-0.2, 0) is 11.8 Å². The molecule has 32 heavy (non-hydrogen) atoms. The lowest BCUT2D eigenvalue weighted by atomic mass is 10.0. The van der Waals surface area contributed by atoms with Crippen molar-refractivity contribution >= 4 is 63.2 Å². The summed E-state index contributed by atoms with van der Waals surface area (Å²) in [4.78, 5) is 29.2. The molecular weight excluding hydrogens is 491 g/mol. The van der Waals surface area contributed by atoms with Gasteiger partial charge in [-0.2, -0.15) is 0 Å². The Bertz CT molecular complexity index is 1130. The SMILES string of the molecule is Cc1csc(NC(=O)CSc2nnc([C@@H](NC(=O)c3ccc(Cl)c(Cl)c3)C(C)C)n2C)n1. The van der Waals surface area contributed by atoms with Crippen LogP contribution in [0.3, 0.4) is 0 Å². The summed E-state index contributed by atoms with van der Waals surface area (Å²) in [5.41, 5.74) is 1.26. The van der Waals surface area contributed by atoms with E-state index in [0.29, 0.717) is 31.7 Å². The van der Waals surface area contributed by atoms with E-state index in [1.807, 2.05) is 26.2 Å². The van der Waals surface area contributed by atoms with Gasteiger partial charge in [0.25, 0.3) is 5.91 Å². The first kappa shape index (κ1) is 24.5. The van der Waals surface area contributed by atoms with Crippen LogP contribution in [0.4, 0.5) is 5.13 Å². The molecule has 0 bridgehead atoms. The molecule has 3 rings (SSSR count). The number of halogens is 2. The van der Waals surface area contributed by atoms with E-state index in [1.54, 1.807) is 23.7 Å². The van der Waals surface area contributed by atoms with E-state index in [0.717, 1.165) is 5.69 Å². The van der Waals surface area contributed by atoms with Crippen molar-refractivity contribution in [1.29, 1.82) is 0 Å². The second-order valence-corrected chi connectivity index (χ2v) is 9.97. The zero-order valence-corrected chi connectivity index (χ0v) is 21.0. The molecule has 0 aliphatic heterocycles. The summed E-state index contributed by atoms with van der Waals surface area (Å²) in [5, 5.41) is 17.9. The van der Waals surface area contributed by atoms with E-state index in [-0.39, 0.29) is 23.5 Å². The highest BCUT2D eigenvalue weighted by Crippen LogP contribution is 2.26. The molecule has 8 nitrogen and oxygen atoms in total. The number of nitrogens with zero attached hydrogens (tertiary/aromatic N) is 4. The minimum Gasteiger partial charge on any atom is -0.342 e. The second kappa shape index (κ2) is 10.7. The van der Waals surface area contributed by atoms with Crippen LogP contribution in [-0.4, -0.2) is 37.3 Å². The lowest BCUT2D eigenvalue weighted by Crippen LogP contribution is -2.33. The molecular formula is C20H22Cl2N6O2S2. The number of carbonyl (C=O) groups excluding carboxylic acids is 2. The lowest BCUT2D eigenvalue weighted by Gasteiger charge is -2.21. The molecule has 0 fully saturated rings. The monoisotopic (exact) mass is 512 g/mol. The number of nitrogens with one attached hydrogen (secondary N) is 2. The van der Waals surface area contributed by atoms with E-state index in [1.165, 1.54) is 29.2 Å². The molecule has 0 saturated carbocycles. The Balaban J connectivity index is 1.67. The van der Waals surface area contributed by atoms with Gasteiger partial charge in [0.15, 0.2) is 16.1 Å². The number of benzene rings is 1. The van der Waals surface area contributed by atoms with E-state index < -0.39 is 6.04 Å². The van der Waals surface area contributed by atoms with E-state index >= 15 is 0 Å². The maximum atomic E-state index is 12.8. The predicted octanol–water partition coefficient (Wildman–Crippen LogP) is 4.74. The average molecular weight is 513 g/mol. The van der Waals surface area contributed by atoms with Crippen LogP contribution in [0.15, 0.2) is 28.7 Å². The second-order valence-electron chi connectivity index (χ2n) is 7.35. The Hall–Kier alpha value is -2.14. The van der Waals surface area contributed by atoms with Gasteiger partial charge in [-0.25, -0.2) is 4.98 Å². The fraction of sp³-hybridized carbons (Fsp3) is 0.350. The van der Waals surface area contributed by atoms with Gasteiger partial charge in [-0.1, -0.05) is 48.8 Å². The fourth-order valence-electron chi connectivity index (χ4n) is 2.81. The number of hydrogen-bond acceptors (Lipinski definition) is 7. The van der Waals surface area contributed by atoms with Gasteiger partial charge < -0.3 is 15.2 Å². The summed E-state index contributed by atoms with van der Waals surface area (Å²) >= 11 is 14.6. The third-order valence-electron chi connectivity index (χ3n) is 4.48. The van der Waals surface area contributed by atoms with Crippen LogP contribution in [0.1, 0.15) is 41.8 Å². The number of anilines is 1. The Kier molecular flexibility index (Phi) is 8.16. The first-order valence-corrected chi connectivity index (χ1v) is 12.3. The van der Waals surface area contributed by atoms with Crippen molar-refractivity contribution in [2.45, 2.75) is 32.0 Å². The number of thioether (sulfide) groups is 1. The number of aromatic nitrogens is 4. The first-order valence-electron chi connectivity index (χ1n) is 9.65. The van der Waals surface area contributed by atoms with Crippen LogP contribution in [0, 0.1) is 12.8 Å². The molecule has 170 valence electrons. The molecule has 0 unspecified atom stereocenters. The predicted molar refractivity (Wildman–Crippen MR) is 129 cm³/mol. The van der Waals surface area contributed by atoms with Gasteiger partial charge in [0, 0.05) is 18.0 Å². The van der Waals surface area contributed by atoms with Crippen molar-refractivity contribution in [3.05, 3.63) is 50.7 Å². The van der Waals surface area contributed by atoms with Gasteiger partial charge in [0.1, 0.15) is 0 Å². The van der Waals surface area contributed by atoms with Crippen molar-refractivity contribution in [2.75, 3.05) is 11.1 Å². The summed E-state index contributed by atoms with van der Waals surface area (Å²) in [6, 6.07) is 4.33. The molecule has 1 aromatic carbocycles. The van der Waals surface area contributed by atoms with Crippen LogP contribution >= 0.6 is 46.3 Å². The Morgan fingerprint density at radius 1 is 1.22 bits per heavy atom. The fourth-order valence-corrected chi connectivity index (χ4v) is 4.53. The van der Waals surface area contributed by atoms with Gasteiger partial charge in [0.2, 0.25) is 5.91 Å². The lowest BCUT2D eigenvalue weighted by molar-refractivity contribution is -0.113. The van der Waals surface area contributed by atoms with Gasteiger partial charge in [-0.05, 0) is 31.0 Å². The van der Waals surface area contributed by atoms with Gasteiger partial charge in [-0.15, -0.1) is 21.5 Å². The third kappa shape index (κ3) is 6.00. The Morgan fingerprint density at radius 3 is 2.59 bits per heavy atom. The quantitative estimate of drug-likeness (QED) is 0.422. The molecule has 0 radical (unpaired) electrons. The molecule has 12 heteroatoms. The topological polar surface area (TPSA) is 102 Å². The molecule has 3 aromatic rings. The highest BCUT2D eigenvalue weighted by Gasteiger charge is 2.25. The largest absolute Gasteiger partial charge is 0.342 e. The summed E-state index contributed by atoms with van der Waals surface area (Å²) in [6.45, 7) is 5.82. The number of thiazole rings is 1. The maximum absolute atomic E-state index is 12.8. The van der Waals surface area contributed by atoms with Gasteiger partial charge in [-0.3, -0.25) is 9.59 Å². The zero-order chi connectivity index (χ0) is 23.4. The molecule has 0 saturated heterocycles. The molecule has 2 amide bonds. The Morgan fingerprint density at radius 2 is 1.97 bits per heavy atom. The summed E-state index contributed by atoms with van der Waals surface area (Å²) in [5.74, 6) is 0.317. The average Bonchev–Trinajstić information content (AvgIpc) is 3.31. The normalized spacial score (nSPS) is 12.1. The van der Waals surface area contributed by atoms with Crippen molar-refractivity contribution < 1.29 is 9.59 Å². The zero-order valence-electron chi connectivity index (χ0n) is 17.8. The van der Waals surface area contributed by atoms with E-state index in [2.05, 4.69) is 25.8 Å². The molecule has 2 heterocycles. The number of aryl methyl sites for hydroxylation is 1. The summed E-state index contributed by atoms with van der Waals surface area (Å²) in [6.07, 6.45) is 0. The van der Waals surface area contributed by atoms with Crippen LogP contribution < -0.4 is 10.6 Å². The van der Waals surface area contributed by atoms with Crippen LogP contribution in [0.25, 0.3) is 0 Å². The van der Waals surface area contributed by atoms with Gasteiger partial charge in [0.05, 0.1) is 27.5 Å². The first-order chi connectivity index (χ1) is 15.2. The van der Waals surface area contributed by atoms with E-state index in [9.17, 15) is 9.59 Å². The van der Waals surface area contributed by atoms with Crippen LogP contribution in [0.5, 0.6) is 0 Å². The standard InChI is InChI=1S/C20H22Cl2N6O2S2/c1-10(2)16(25-18(30)12-5-6-13(21)14(22)7-12)17-26-27-20(28(17)4)32-9-15(29)24-19-23-11(3)8-31-19/h5-8,10,16H,9H2,1-4H3,(H,25,30)(H,23,24,29)/t16-/m0/s1. The molecule has 0 aliphatic carbocycles. The molecule has 2 aromatic heterocycles. The minimum absolute atomic E-state index is 0.0407. The van der Waals surface area contributed by atoms with Crippen LogP contribution in [0.2, 0.25) is 10.0 Å². The number of rotatable bonds is 8. The highest BCUT2D eigenvalue weighted by molar-refractivity contribution is 7.99. The molecule has 0 spiro atoms. The number of carbonyl (C=O) groups is 2. The minimum atomic E-state index is -0.393. The third-order valence-corrected chi connectivity index (χ3v) is 7.11. The molecule has 2 N–H and O–H groups in total. The van der Waals surface area contributed by atoms with Crippen molar-refractivity contribution in [3.8, 4) is 0 Å². The maximum Gasteiger partial charge on any atom is 0.251 e. The summed E-state index contributed by atoms with van der Waals surface area (Å²) < 4.78 is 1.78. The van der Waals surface area contributed by atoms with Crippen molar-refractivity contribution in [2.24, 2.45) is 13.0 Å². The summed E-state index contributed by atoms with van der Waals surface area (Å²) in [7, 11) is 1.81. The Labute approximate surface area is 204 Å². The number of hydrogen-bond donors (Lipinski definition) is 2. The van der Waals surface area contributed by atoms with Gasteiger partial charge >= 0.3 is 0 Å². The molecule has 0 aliphatic rings. The van der Waals surface area contributed by atoms with Crippen molar-refractivity contribution in [1.82, 2.24) is 25.1 Å². The highest BCUT2D eigenvalue weighted by atomic mass is 35.5. The van der Waals surface area contributed by atoms with E-state index in [4.69, 9.17) is 23.2 Å².